The molecule has 5 rings (SSSR count). The van der Waals surface area contributed by atoms with Crippen molar-refractivity contribution in [2.24, 2.45) is 0 Å². The summed E-state index contributed by atoms with van der Waals surface area (Å²) in [7, 11) is 0. The van der Waals surface area contributed by atoms with Crippen LogP contribution in [0.5, 0.6) is 0 Å². The number of benzene rings is 2. The van der Waals surface area contributed by atoms with E-state index in [9.17, 15) is 15.0 Å². The zero-order valence-electron chi connectivity index (χ0n) is 17.9. The van der Waals surface area contributed by atoms with Crippen LogP contribution < -0.4 is 5.32 Å². The first kappa shape index (κ1) is 21.2. The fourth-order valence-electron chi connectivity index (χ4n) is 4.47. The van der Waals surface area contributed by atoms with E-state index in [0.717, 1.165) is 22.2 Å². The van der Waals surface area contributed by atoms with Crippen molar-refractivity contribution < 1.29 is 19.7 Å². The minimum atomic E-state index is -1.10. The van der Waals surface area contributed by atoms with Gasteiger partial charge < -0.3 is 25.3 Å². The second kappa shape index (κ2) is 9.05. The molecule has 0 bridgehead atoms. The predicted octanol–water partition coefficient (Wildman–Crippen LogP) is 3.89. The Morgan fingerprint density at radius 3 is 2.48 bits per heavy atom. The highest BCUT2D eigenvalue weighted by Gasteiger charge is 2.29. The molecule has 0 spiro atoms. The van der Waals surface area contributed by atoms with Crippen molar-refractivity contribution in [3.05, 3.63) is 89.7 Å². The molecule has 0 saturated carbocycles. The summed E-state index contributed by atoms with van der Waals surface area (Å²) in [6.45, 7) is 0.405. The van der Waals surface area contributed by atoms with E-state index in [-0.39, 0.29) is 25.5 Å². The molecule has 168 valence electrons. The molecule has 7 heteroatoms. The monoisotopic (exact) mass is 443 g/mol. The van der Waals surface area contributed by atoms with Crippen LogP contribution in [0, 0.1) is 0 Å². The second-order valence-electron chi connectivity index (χ2n) is 8.24. The van der Waals surface area contributed by atoms with E-state index in [2.05, 4.69) is 39.6 Å². The van der Waals surface area contributed by atoms with Crippen LogP contribution in [0.4, 0.5) is 4.79 Å². The van der Waals surface area contributed by atoms with E-state index in [0.29, 0.717) is 5.56 Å². The first-order chi connectivity index (χ1) is 16.1. The van der Waals surface area contributed by atoms with E-state index in [1.54, 1.807) is 12.3 Å². The van der Waals surface area contributed by atoms with Gasteiger partial charge >= 0.3 is 6.09 Å². The average molecular weight is 444 g/mol. The average Bonchev–Trinajstić information content (AvgIpc) is 3.44. The molecular weight excluding hydrogens is 418 g/mol. The van der Waals surface area contributed by atoms with Crippen LogP contribution in [-0.2, 0) is 4.74 Å². The Hall–Kier alpha value is -3.68. The van der Waals surface area contributed by atoms with Crippen molar-refractivity contribution in [3.8, 4) is 11.1 Å². The number of amides is 1. The van der Waals surface area contributed by atoms with E-state index in [1.807, 2.05) is 30.3 Å². The van der Waals surface area contributed by atoms with Crippen molar-refractivity contribution in [3.63, 3.8) is 0 Å². The minimum Gasteiger partial charge on any atom is -0.449 e. The first-order valence-electron chi connectivity index (χ1n) is 11.0. The Labute approximate surface area is 191 Å². The number of hydrogen-bond donors (Lipinski definition) is 4. The lowest BCUT2D eigenvalue weighted by Gasteiger charge is -2.18. The maximum Gasteiger partial charge on any atom is 0.407 e. The number of alkyl carbamates (subject to hydrolysis) is 1. The molecule has 2 heterocycles. The molecule has 0 saturated heterocycles. The molecule has 0 aliphatic heterocycles. The summed E-state index contributed by atoms with van der Waals surface area (Å²) >= 11 is 0. The molecule has 4 aromatic rings. The molecule has 2 aromatic carbocycles. The van der Waals surface area contributed by atoms with Gasteiger partial charge in [-0.15, -0.1) is 0 Å². The van der Waals surface area contributed by atoms with Gasteiger partial charge in [-0.05, 0) is 40.8 Å². The van der Waals surface area contributed by atoms with Crippen LogP contribution in [0.25, 0.3) is 22.2 Å². The summed E-state index contributed by atoms with van der Waals surface area (Å²) in [4.78, 5) is 19.5. The summed E-state index contributed by atoms with van der Waals surface area (Å²) in [5.41, 5.74) is 5.89. The number of ether oxygens (including phenoxy) is 1. The Kier molecular flexibility index (Phi) is 5.81. The fourth-order valence-corrected chi connectivity index (χ4v) is 4.47. The third-order valence-corrected chi connectivity index (χ3v) is 6.18. The summed E-state index contributed by atoms with van der Waals surface area (Å²) in [5.74, 6) is -0.00795. The quantitative estimate of drug-likeness (QED) is 0.347. The molecule has 2 aromatic heterocycles. The van der Waals surface area contributed by atoms with Crippen LogP contribution in [0.15, 0.2) is 73.1 Å². The van der Waals surface area contributed by atoms with Crippen molar-refractivity contribution in [2.45, 2.75) is 24.5 Å². The molecule has 4 N–H and O–H groups in total. The number of carbonyl (C=O) groups is 1. The number of rotatable bonds is 7. The van der Waals surface area contributed by atoms with Crippen LogP contribution >= 0.6 is 0 Å². The molecule has 1 amide bonds. The Bertz CT molecular complexity index is 1240. The van der Waals surface area contributed by atoms with Crippen LogP contribution in [0.2, 0.25) is 0 Å². The Balaban J connectivity index is 1.13. The van der Waals surface area contributed by atoms with Gasteiger partial charge in [0.2, 0.25) is 0 Å². The standard InChI is InChI=1S/C26H25N3O4/c30-23(24(31)17-13-16-9-11-27-25(16)29-14-17)10-12-28-26(32)33-15-22-20-7-3-1-5-18(20)19-6-2-4-8-21(19)22/h1-9,11,13-14,22-24,30-31H,10,12,15H2,(H,27,29)(H,28,32). The number of aliphatic hydroxyl groups excluding tert-OH is 2. The number of aliphatic hydroxyl groups is 2. The lowest BCUT2D eigenvalue weighted by Crippen LogP contribution is -2.30. The van der Waals surface area contributed by atoms with Gasteiger partial charge in [0.25, 0.3) is 0 Å². The van der Waals surface area contributed by atoms with Gasteiger partial charge in [0.05, 0.1) is 6.10 Å². The summed E-state index contributed by atoms with van der Waals surface area (Å²) in [5, 5.41) is 24.3. The van der Waals surface area contributed by atoms with Gasteiger partial charge in [-0.2, -0.15) is 0 Å². The normalized spacial score (nSPS) is 14.5. The lowest BCUT2D eigenvalue weighted by atomic mass is 9.98. The number of fused-ring (bicyclic) bond motifs is 4. The third-order valence-electron chi connectivity index (χ3n) is 6.18. The second-order valence-corrected chi connectivity index (χ2v) is 8.24. The number of H-pyrrole nitrogens is 1. The van der Waals surface area contributed by atoms with Crippen molar-refractivity contribution in [1.29, 1.82) is 0 Å². The molecule has 2 atom stereocenters. The largest absolute Gasteiger partial charge is 0.449 e. The molecule has 0 radical (unpaired) electrons. The van der Waals surface area contributed by atoms with Crippen LogP contribution in [0.1, 0.15) is 35.1 Å². The minimum absolute atomic E-state index is 0.00795. The summed E-state index contributed by atoms with van der Waals surface area (Å²) in [6, 6.07) is 20.0. The molecular formula is C26H25N3O4. The van der Waals surface area contributed by atoms with E-state index in [1.165, 1.54) is 17.3 Å². The number of hydrogen-bond acceptors (Lipinski definition) is 5. The maximum absolute atomic E-state index is 12.3. The third kappa shape index (κ3) is 4.20. The molecule has 1 aliphatic rings. The number of nitrogens with zero attached hydrogens (tertiary/aromatic N) is 1. The smallest absolute Gasteiger partial charge is 0.407 e. The van der Waals surface area contributed by atoms with Gasteiger partial charge in [0, 0.05) is 35.8 Å². The summed E-state index contributed by atoms with van der Waals surface area (Å²) in [6.07, 6.45) is 0.789. The number of pyridine rings is 1. The molecule has 0 fully saturated rings. The molecule has 2 unspecified atom stereocenters. The highest BCUT2D eigenvalue weighted by Crippen LogP contribution is 2.44. The summed E-state index contributed by atoms with van der Waals surface area (Å²) < 4.78 is 5.50. The van der Waals surface area contributed by atoms with Gasteiger partial charge in [-0.25, -0.2) is 9.78 Å². The van der Waals surface area contributed by atoms with Gasteiger partial charge in [-0.3, -0.25) is 0 Å². The van der Waals surface area contributed by atoms with Gasteiger partial charge in [0.15, 0.2) is 0 Å². The van der Waals surface area contributed by atoms with Gasteiger partial charge in [0.1, 0.15) is 18.4 Å². The molecule has 1 aliphatic carbocycles. The topological polar surface area (TPSA) is 107 Å². The number of nitrogens with one attached hydrogen (secondary N) is 2. The van der Waals surface area contributed by atoms with Gasteiger partial charge in [-0.1, -0.05) is 48.5 Å². The highest BCUT2D eigenvalue weighted by atomic mass is 16.5. The van der Waals surface area contributed by atoms with Crippen LogP contribution in [-0.4, -0.2) is 45.5 Å². The zero-order chi connectivity index (χ0) is 22.8. The lowest BCUT2D eigenvalue weighted by molar-refractivity contribution is 0.0135. The SMILES string of the molecule is O=C(NCCC(O)C(O)c1cnc2[nH]ccc2c1)OCC1c2ccccc2-c2ccccc21. The zero-order valence-corrected chi connectivity index (χ0v) is 17.9. The Morgan fingerprint density at radius 1 is 1.06 bits per heavy atom. The van der Waals surface area contributed by atoms with Crippen LogP contribution in [0.3, 0.4) is 0 Å². The predicted molar refractivity (Wildman–Crippen MR) is 125 cm³/mol. The number of aromatic nitrogens is 2. The van der Waals surface area contributed by atoms with Crippen molar-refractivity contribution in [1.82, 2.24) is 15.3 Å². The van der Waals surface area contributed by atoms with E-state index in [4.69, 9.17) is 4.74 Å². The molecule has 33 heavy (non-hydrogen) atoms. The fraction of sp³-hybridized carbons (Fsp3) is 0.231. The highest BCUT2D eigenvalue weighted by molar-refractivity contribution is 5.79. The van der Waals surface area contributed by atoms with Crippen molar-refractivity contribution in [2.75, 3.05) is 13.2 Å². The first-order valence-corrected chi connectivity index (χ1v) is 11.0. The Morgan fingerprint density at radius 2 is 1.76 bits per heavy atom. The van der Waals surface area contributed by atoms with E-state index >= 15 is 0 Å². The number of aromatic amines is 1. The maximum atomic E-state index is 12.3. The van der Waals surface area contributed by atoms with Crippen molar-refractivity contribution >= 4 is 17.1 Å². The molecule has 7 nitrogen and oxygen atoms in total. The number of carbonyl (C=O) groups excluding carboxylic acids is 1. The van der Waals surface area contributed by atoms with E-state index < -0.39 is 18.3 Å².